The number of nitrogens with zero attached hydrogens (tertiary/aromatic N) is 4. The quantitative estimate of drug-likeness (QED) is 0.115. The summed E-state index contributed by atoms with van der Waals surface area (Å²) in [6.45, 7) is 0. The number of nitrogens with two attached hydrogens (primary N) is 1. The summed E-state index contributed by atoms with van der Waals surface area (Å²) in [6.07, 6.45) is 0. The van der Waals surface area contributed by atoms with Gasteiger partial charge in [0.25, 0.3) is 0 Å². The molecule has 67 heavy (non-hydrogen) atoms. The molecule has 0 saturated heterocycles. The summed E-state index contributed by atoms with van der Waals surface area (Å²) in [5.74, 6) is 0.919. The van der Waals surface area contributed by atoms with Gasteiger partial charge >= 0.3 is 0 Å². The van der Waals surface area contributed by atoms with Gasteiger partial charge in [-0.1, -0.05) is 151 Å². The second kappa shape index (κ2) is 17.0. The summed E-state index contributed by atoms with van der Waals surface area (Å²) in [6, 6.07) is 82.3. The minimum Gasteiger partial charge on any atom is -0.436 e. The van der Waals surface area contributed by atoms with Gasteiger partial charge in [0.15, 0.2) is 5.58 Å². The first-order chi connectivity index (χ1) is 33.1. The molecule has 0 radical (unpaired) electrons. The molecule has 2 N–H and O–H groups in total. The van der Waals surface area contributed by atoms with Crippen molar-refractivity contribution in [3.63, 3.8) is 0 Å². The maximum Gasteiger partial charge on any atom is 0.227 e. The van der Waals surface area contributed by atoms with Crippen molar-refractivity contribution in [2.45, 2.75) is 9.79 Å². The number of hydrogen-bond acceptors (Lipinski definition) is 5. The highest BCUT2D eigenvalue weighted by atomic mass is 32.2. The lowest BCUT2D eigenvalue weighted by molar-refractivity contribution is 0.620. The normalized spacial score (nSPS) is 11.8. The van der Waals surface area contributed by atoms with E-state index in [1.54, 1.807) is 11.8 Å². The Labute approximate surface area is 391 Å². The first-order valence-corrected chi connectivity index (χ1v) is 23.1. The molecular weight excluding hydrogens is 839 g/mol. The molecule has 318 valence electrons. The van der Waals surface area contributed by atoms with Crippen molar-refractivity contribution in [1.29, 1.82) is 0 Å². The highest BCUT2D eigenvalue weighted by Crippen LogP contribution is 2.41. The van der Waals surface area contributed by atoms with Crippen LogP contribution in [0.25, 0.3) is 77.4 Å². The summed E-state index contributed by atoms with van der Waals surface area (Å²) in [5.41, 5.74) is 20.0. The zero-order chi connectivity index (χ0) is 44.7. The third kappa shape index (κ3) is 7.57. The third-order valence-corrected chi connectivity index (χ3v) is 13.4. The van der Waals surface area contributed by atoms with E-state index in [9.17, 15) is 0 Å². The van der Waals surface area contributed by atoms with Crippen LogP contribution in [0.2, 0.25) is 0 Å². The van der Waals surface area contributed by atoms with Crippen LogP contribution in [-0.4, -0.2) is 15.5 Å². The average Bonchev–Trinajstić information content (AvgIpc) is 3.95. The molecule has 12 aromatic rings. The first-order valence-electron chi connectivity index (χ1n) is 22.3. The molecule has 0 bridgehead atoms. The van der Waals surface area contributed by atoms with Gasteiger partial charge in [-0.25, -0.2) is 9.98 Å². The third-order valence-electron chi connectivity index (χ3n) is 12.3. The fourth-order valence-electron chi connectivity index (χ4n) is 9.09. The molecule has 0 aliphatic rings. The fourth-order valence-corrected chi connectivity index (χ4v) is 9.98. The Balaban J connectivity index is 0.931. The first kappa shape index (κ1) is 39.9. The van der Waals surface area contributed by atoms with Gasteiger partial charge in [-0.3, -0.25) is 4.57 Å². The van der Waals surface area contributed by atoms with Crippen LogP contribution in [0, 0.1) is 0 Å². The molecule has 0 spiro atoms. The van der Waals surface area contributed by atoms with Crippen LogP contribution in [0.15, 0.2) is 256 Å². The van der Waals surface area contributed by atoms with Crippen LogP contribution in [0.3, 0.4) is 0 Å². The Hall–Kier alpha value is -8.65. The highest BCUT2D eigenvalue weighted by Gasteiger charge is 2.20. The van der Waals surface area contributed by atoms with E-state index in [-0.39, 0.29) is 0 Å². The number of aliphatic imine (C=N–C) groups is 1. The molecule has 0 aliphatic heterocycles. The monoisotopic (exact) mass is 879 g/mol. The lowest BCUT2D eigenvalue weighted by Crippen LogP contribution is -2.21. The van der Waals surface area contributed by atoms with Gasteiger partial charge in [0, 0.05) is 43.2 Å². The summed E-state index contributed by atoms with van der Waals surface area (Å²) in [5, 5.41) is 4.49. The van der Waals surface area contributed by atoms with Crippen molar-refractivity contribution in [3.05, 3.63) is 237 Å². The Bertz CT molecular complexity index is 3730. The van der Waals surface area contributed by atoms with E-state index in [1.807, 2.05) is 65.2 Å². The number of para-hydroxylation sites is 3. The van der Waals surface area contributed by atoms with E-state index in [0.717, 1.165) is 76.6 Å². The molecule has 0 aliphatic carbocycles. The SMILES string of the molecule is NC(=Nc1ccccc1Sc1ccc(-c2cccc3ccccc23)cc1)n1c2ccc(-c3ccc(N(c4ccccc4)c4ccccc4)cc3)cc2c2cc3oc(-c4ccccc4)nc3cc21. The van der Waals surface area contributed by atoms with E-state index in [4.69, 9.17) is 20.1 Å². The molecule has 0 amide bonds. The van der Waals surface area contributed by atoms with Gasteiger partial charge in [-0.15, -0.1) is 0 Å². The number of hydrogen-bond donors (Lipinski definition) is 1. The van der Waals surface area contributed by atoms with Crippen LogP contribution < -0.4 is 10.6 Å². The predicted molar refractivity (Wildman–Crippen MR) is 279 cm³/mol. The van der Waals surface area contributed by atoms with Crippen LogP contribution in [0.4, 0.5) is 22.7 Å². The number of aromatic nitrogens is 2. The second-order valence-corrected chi connectivity index (χ2v) is 17.5. The molecule has 0 fully saturated rings. The summed E-state index contributed by atoms with van der Waals surface area (Å²) in [7, 11) is 0. The van der Waals surface area contributed by atoms with Gasteiger partial charge in [-0.2, -0.15) is 0 Å². The molecule has 6 nitrogen and oxygen atoms in total. The molecular formula is C60H41N5OS. The van der Waals surface area contributed by atoms with Crippen molar-refractivity contribution >= 4 is 84.1 Å². The zero-order valence-electron chi connectivity index (χ0n) is 36.2. The summed E-state index contributed by atoms with van der Waals surface area (Å²) < 4.78 is 8.48. The van der Waals surface area contributed by atoms with Crippen molar-refractivity contribution in [1.82, 2.24) is 9.55 Å². The summed E-state index contributed by atoms with van der Waals surface area (Å²) >= 11 is 1.67. The molecule has 2 aromatic heterocycles. The molecule has 0 saturated carbocycles. The van der Waals surface area contributed by atoms with Gasteiger partial charge in [0.1, 0.15) is 5.52 Å². The van der Waals surface area contributed by atoms with Crippen LogP contribution in [0.1, 0.15) is 0 Å². The van der Waals surface area contributed by atoms with Crippen LogP contribution >= 0.6 is 11.8 Å². The van der Waals surface area contributed by atoms with E-state index in [2.05, 4.69) is 181 Å². The van der Waals surface area contributed by atoms with E-state index in [0.29, 0.717) is 17.4 Å². The smallest absolute Gasteiger partial charge is 0.227 e. The Kier molecular flexibility index (Phi) is 10.2. The molecule has 0 atom stereocenters. The maximum atomic E-state index is 7.18. The van der Waals surface area contributed by atoms with Crippen molar-refractivity contribution in [3.8, 4) is 33.7 Å². The van der Waals surface area contributed by atoms with E-state index < -0.39 is 0 Å². The predicted octanol–water partition coefficient (Wildman–Crippen LogP) is 16.2. The van der Waals surface area contributed by atoms with Crippen LogP contribution in [-0.2, 0) is 0 Å². The number of fused-ring (bicyclic) bond motifs is 5. The average molecular weight is 880 g/mol. The maximum absolute atomic E-state index is 7.18. The minimum absolute atomic E-state index is 0.351. The molecule has 0 unspecified atom stereocenters. The van der Waals surface area contributed by atoms with E-state index in [1.165, 1.54) is 21.9 Å². The number of rotatable bonds is 9. The standard InChI is InChI=1S/C60H41N5OS/c61-60(63-53-25-12-13-26-58(53)67-48-34-29-42(30-35-48)50-24-14-18-41-15-10-11-23-49(41)50)65-55-36-31-44(37-51(55)52-38-57-54(39-56(52)65)62-59(66-57)43-16-4-1-5-17-43)40-27-32-47(33-28-40)64(45-19-6-2-7-20-45)46-21-8-3-9-22-46/h1-39H,(H2,61,63). The molecule has 12 rings (SSSR count). The lowest BCUT2D eigenvalue weighted by Gasteiger charge is -2.25. The van der Waals surface area contributed by atoms with Crippen molar-refractivity contribution in [2.75, 3.05) is 4.90 Å². The van der Waals surface area contributed by atoms with Gasteiger partial charge < -0.3 is 15.1 Å². The Morgan fingerprint density at radius 3 is 1.87 bits per heavy atom. The topological polar surface area (TPSA) is 72.6 Å². The zero-order valence-corrected chi connectivity index (χ0v) is 37.0. The molecule has 10 aromatic carbocycles. The fraction of sp³-hybridized carbons (Fsp3) is 0. The Morgan fingerprint density at radius 2 is 1.10 bits per heavy atom. The second-order valence-electron chi connectivity index (χ2n) is 16.4. The van der Waals surface area contributed by atoms with Gasteiger partial charge in [-0.05, 0) is 130 Å². The number of oxazole rings is 1. The number of benzene rings is 10. The largest absolute Gasteiger partial charge is 0.436 e. The van der Waals surface area contributed by atoms with Gasteiger partial charge in [0.2, 0.25) is 11.9 Å². The lowest BCUT2D eigenvalue weighted by atomic mass is 9.98. The minimum atomic E-state index is 0.351. The molecule has 7 heteroatoms. The van der Waals surface area contributed by atoms with Crippen molar-refractivity contribution < 1.29 is 4.42 Å². The summed E-state index contributed by atoms with van der Waals surface area (Å²) in [4.78, 5) is 14.5. The van der Waals surface area contributed by atoms with E-state index >= 15 is 0 Å². The Morgan fingerprint density at radius 1 is 0.493 bits per heavy atom. The highest BCUT2D eigenvalue weighted by molar-refractivity contribution is 7.99. The van der Waals surface area contributed by atoms with Crippen molar-refractivity contribution in [2.24, 2.45) is 10.7 Å². The molecule has 2 heterocycles. The van der Waals surface area contributed by atoms with Crippen LogP contribution in [0.5, 0.6) is 0 Å². The van der Waals surface area contributed by atoms with Gasteiger partial charge in [0.05, 0.1) is 16.7 Å². The number of anilines is 3.